The summed E-state index contributed by atoms with van der Waals surface area (Å²) in [6.45, 7) is 12.3. The van der Waals surface area contributed by atoms with Gasteiger partial charge in [-0.3, -0.25) is 0 Å². The molecule has 0 unspecified atom stereocenters. The normalized spacial score (nSPS) is 12.6. The van der Waals surface area contributed by atoms with Crippen LogP contribution in [0.3, 0.4) is 0 Å². The zero-order valence-electron chi connectivity index (χ0n) is 11.1. The van der Waals surface area contributed by atoms with Gasteiger partial charge in [0.2, 0.25) is 0 Å². The lowest BCUT2D eigenvalue weighted by Gasteiger charge is -2.25. The maximum atomic E-state index is 9.74. The summed E-state index contributed by atoms with van der Waals surface area (Å²) in [6, 6.07) is 5.55. The van der Waals surface area contributed by atoms with Crippen molar-refractivity contribution in [3.05, 3.63) is 23.8 Å². The van der Waals surface area contributed by atoms with Gasteiger partial charge in [-0.25, -0.2) is 0 Å². The highest BCUT2D eigenvalue weighted by Crippen LogP contribution is 2.34. The average Bonchev–Trinajstić information content (AvgIpc) is 2.04. The molecule has 0 bridgehead atoms. The zero-order chi connectivity index (χ0) is 12.6. The fourth-order valence-electron chi connectivity index (χ4n) is 1.39. The first-order valence-electron chi connectivity index (χ1n) is 5.62. The van der Waals surface area contributed by atoms with Crippen molar-refractivity contribution in [2.75, 3.05) is 0 Å². The monoisotopic (exact) mass is 222 g/mol. The second kappa shape index (κ2) is 4.00. The Morgan fingerprint density at radius 2 is 1.56 bits per heavy atom. The van der Waals surface area contributed by atoms with Gasteiger partial charge in [-0.1, -0.05) is 26.8 Å². The van der Waals surface area contributed by atoms with Gasteiger partial charge in [-0.05, 0) is 43.9 Å². The van der Waals surface area contributed by atoms with Crippen molar-refractivity contribution in [1.29, 1.82) is 0 Å². The van der Waals surface area contributed by atoms with Gasteiger partial charge < -0.3 is 9.84 Å². The molecule has 0 fully saturated rings. The Hall–Kier alpha value is -1.18. The Morgan fingerprint density at radius 1 is 1.00 bits per heavy atom. The number of hydrogen-bond donors (Lipinski definition) is 1. The molecule has 0 aromatic heterocycles. The SMILES string of the molecule is CC(C)(C)Oc1cc(C(C)(C)C)ccc1O. The van der Waals surface area contributed by atoms with E-state index in [1.807, 2.05) is 32.9 Å². The van der Waals surface area contributed by atoms with Crippen molar-refractivity contribution in [2.24, 2.45) is 0 Å². The number of hydrogen-bond acceptors (Lipinski definition) is 2. The Kier molecular flexibility index (Phi) is 3.22. The first-order valence-corrected chi connectivity index (χ1v) is 5.62. The lowest BCUT2D eigenvalue weighted by Crippen LogP contribution is -2.23. The summed E-state index contributed by atoms with van der Waals surface area (Å²) in [7, 11) is 0. The third kappa shape index (κ3) is 3.44. The van der Waals surface area contributed by atoms with Crippen molar-refractivity contribution in [3.63, 3.8) is 0 Å². The van der Waals surface area contributed by atoms with E-state index in [1.165, 1.54) is 0 Å². The minimum absolute atomic E-state index is 0.0592. The Balaban J connectivity index is 3.10. The fraction of sp³-hybridized carbons (Fsp3) is 0.571. The van der Waals surface area contributed by atoms with Crippen LogP contribution < -0.4 is 4.74 Å². The highest BCUT2D eigenvalue weighted by Gasteiger charge is 2.19. The minimum atomic E-state index is -0.298. The van der Waals surface area contributed by atoms with Crippen LogP contribution in [0.5, 0.6) is 11.5 Å². The highest BCUT2D eigenvalue weighted by atomic mass is 16.5. The maximum absolute atomic E-state index is 9.74. The van der Waals surface area contributed by atoms with E-state index in [0.717, 1.165) is 5.56 Å². The molecule has 0 aliphatic carbocycles. The molecule has 0 spiro atoms. The molecule has 0 atom stereocenters. The van der Waals surface area contributed by atoms with Gasteiger partial charge in [-0.15, -0.1) is 0 Å². The molecule has 1 rings (SSSR count). The predicted molar refractivity (Wildman–Crippen MR) is 67.2 cm³/mol. The fourth-order valence-corrected chi connectivity index (χ4v) is 1.39. The summed E-state index contributed by atoms with van der Waals surface area (Å²) in [5, 5.41) is 9.74. The molecule has 2 nitrogen and oxygen atoms in total. The van der Waals surface area contributed by atoms with Crippen LogP contribution in [0, 0.1) is 0 Å². The van der Waals surface area contributed by atoms with Gasteiger partial charge in [0.25, 0.3) is 0 Å². The quantitative estimate of drug-likeness (QED) is 0.781. The average molecular weight is 222 g/mol. The molecule has 0 amide bonds. The van der Waals surface area contributed by atoms with E-state index in [4.69, 9.17) is 4.74 Å². The van der Waals surface area contributed by atoms with Gasteiger partial charge in [0, 0.05) is 0 Å². The predicted octanol–water partition coefficient (Wildman–Crippen LogP) is 3.87. The van der Waals surface area contributed by atoms with Gasteiger partial charge in [0.1, 0.15) is 5.60 Å². The first-order chi connectivity index (χ1) is 7.09. The molecule has 16 heavy (non-hydrogen) atoms. The largest absolute Gasteiger partial charge is 0.504 e. The first kappa shape index (κ1) is 12.9. The smallest absolute Gasteiger partial charge is 0.162 e. The second-order valence-corrected chi connectivity index (χ2v) is 6.15. The van der Waals surface area contributed by atoms with Crippen LogP contribution >= 0.6 is 0 Å². The van der Waals surface area contributed by atoms with Gasteiger partial charge >= 0.3 is 0 Å². The summed E-state index contributed by atoms with van der Waals surface area (Å²) in [5.74, 6) is 0.753. The molecule has 1 N–H and O–H groups in total. The zero-order valence-corrected chi connectivity index (χ0v) is 11.1. The van der Waals surface area contributed by atoms with E-state index >= 15 is 0 Å². The summed E-state index contributed by atoms with van der Waals surface area (Å²) < 4.78 is 5.72. The number of aromatic hydroxyl groups is 1. The van der Waals surface area contributed by atoms with E-state index in [-0.39, 0.29) is 16.8 Å². The second-order valence-electron chi connectivity index (χ2n) is 6.15. The van der Waals surface area contributed by atoms with Crippen molar-refractivity contribution in [2.45, 2.75) is 52.6 Å². The molecule has 1 aromatic carbocycles. The molecule has 0 heterocycles. The Morgan fingerprint density at radius 3 is 2.00 bits per heavy atom. The lowest BCUT2D eigenvalue weighted by atomic mass is 9.87. The summed E-state index contributed by atoms with van der Waals surface area (Å²) >= 11 is 0. The van der Waals surface area contributed by atoms with E-state index in [2.05, 4.69) is 20.8 Å². The third-order valence-electron chi connectivity index (χ3n) is 2.24. The molecule has 90 valence electrons. The van der Waals surface area contributed by atoms with Gasteiger partial charge in [0.15, 0.2) is 11.5 Å². The molecule has 0 saturated carbocycles. The van der Waals surface area contributed by atoms with Crippen LogP contribution in [0.1, 0.15) is 47.1 Å². The summed E-state index contributed by atoms with van der Waals surface area (Å²) in [6.07, 6.45) is 0. The van der Waals surface area contributed by atoms with E-state index in [0.29, 0.717) is 5.75 Å². The number of rotatable bonds is 1. The topological polar surface area (TPSA) is 29.5 Å². The molecule has 1 aromatic rings. The van der Waals surface area contributed by atoms with Crippen LogP contribution in [0.25, 0.3) is 0 Å². The van der Waals surface area contributed by atoms with E-state index < -0.39 is 0 Å². The molecule has 0 radical (unpaired) electrons. The molecular formula is C14H22O2. The standard InChI is InChI=1S/C14H22O2/c1-13(2,3)10-7-8-11(15)12(9-10)16-14(4,5)6/h7-9,15H,1-6H3. The van der Waals surface area contributed by atoms with Crippen LogP contribution in [0.4, 0.5) is 0 Å². The number of ether oxygens (including phenoxy) is 1. The van der Waals surface area contributed by atoms with Crippen molar-refractivity contribution in [3.8, 4) is 11.5 Å². The van der Waals surface area contributed by atoms with E-state index in [1.54, 1.807) is 6.07 Å². The van der Waals surface area contributed by atoms with E-state index in [9.17, 15) is 5.11 Å². The van der Waals surface area contributed by atoms with Gasteiger partial charge in [-0.2, -0.15) is 0 Å². The Bertz CT molecular complexity index is 367. The summed E-state index contributed by atoms with van der Waals surface area (Å²) in [5.41, 5.74) is 0.919. The number of benzene rings is 1. The number of phenolic OH excluding ortho intramolecular Hbond substituents is 1. The molecule has 0 aliphatic rings. The third-order valence-corrected chi connectivity index (χ3v) is 2.24. The molecular weight excluding hydrogens is 200 g/mol. The van der Waals surface area contributed by atoms with Crippen LogP contribution in [0.2, 0.25) is 0 Å². The maximum Gasteiger partial charge on any atom is 0.162 e. The van der Waals surface area contributed by atoms with Crippen LogP contribution in [-0.2, 0) is 5.41 Å². The number of phenols is 1. The minimum Gasteiger partial charge on any atom is -0.504 e. The van der Waals surface area contributed by atoms with Crippen molar-refractivity contribution in [1.82, 2.24) is 0 Å². The highest BCUT2D eigenvalue weighted by molar-refractivity contribution is 5.44. The van der Waals surface area contributed by atoms with Crippen molar-refractivity contribution >= 4 is 0 Å². The lowest BCUT2D eigenvalue weighted by molar-refractivity contribution is 0.125. The summed E-state index contributed by atoms with van der Waals surface area (Å²) in [4.78, 5) is 0. The van der Waals surface area contributed by atoms with Crippen LogP contribution in [0.15, 0.2) is 18.2 Å². The Labute approximate surface area is 98.3 Å². The molecule has 2 heteroatoms. The molecule has 0 saturated heterocycles. The molecule has 0 aliphatic heterocycles. The van der Waals surface area contributed by atoms with Crippen LogP contribution in [-0.4, -0.2) is 10.7 Å². The van der Waals surface area contributed by atoms with Crippen molar-refractivity contribution < 1.29 is 9.84 Å². The van der Waals surface area contributed by atoms with Gasteiger partial charge in [0.05, 0.1) is 0 Å².